The van der Waals surface area contributed by atoms with Crippen molar-refractivity contribution in [3.05, 3.63) is 94.0 Å². The van der Waals surface area contributed by atoms with Gasteiger partial charge in [0, 0.05) is 22.6 Å². The largest absolute Gasteiger partial charge is 0.352 e. The molecule has 0 aliphatic rings. The van der Waals surface area contributed by atoms with Gasteiger partial charge >= 0.3 is 0 Å². The maximum Gasteiger partial charge on any atom is 0.264 e. The Labute approximate surface area is 240 Å². The summed E-state index contributed by atoms with van der Waals surface area (Å²) in [5.74, 6) is -0.884. The molecule has 0 fully saturated rings. The summed E-state index contributed by atoms with van der Waals surface area (Å²) in [5, 5.41) is 3.64. The molecule has 0 aliphatic heterocycles. The summed E-state index contributed by atoms with van der Waals surface area (Å²) in [4.78, 5) is 28.6. The highest BCUT2D eigenvalue weighted by Gasteiger charge is 2.34. The summed E-state index contributed by atoms with van der Waals surface area (Å²) in [7, 11) is -4.12. The summed E-state index contributed by atoms with van der Waals surface area (Å²) < 4.78 is 28.7. The van der Waals surface area contributed by atoms with Gasteiger partial charge < -0.3 is 10.2 Å². The number of amides is 2. The van der Waals surface area contributed by atoms with E-state index in [0.717, 1.165) is 9.87 Å². The number of hydrogen-bond donors (Lipinski definition) is 1. The number of aryl methyl sites for hydroxylation is 1. The zero-order chi connectivity index (χ0) is 28.7. The fourth-order valence-corrected chi connectivity index (χ4v) is 5.98. The summed E-state index contributed by atoms with van der Waals surface area (Å²) in [6.07, 6.45) is 0.311. The van der Waals surface area contributed by atoms with Gasteiger partial charge in [0.1, 0.15) is 12.6 Å². The van der Waals surface area contributed by atoms with Crippen LogP contribution in [0.3, 0.4) is 0 Å². The van der Waals surface area contributed by atoms with E-state index >= 15 is 0 Å². The van der Waals surface area contributed by atoms with E-state index in [1.165, 1.54) is 17.0 Å². The minimum Gasteiger partial charge on any atom is -0.352 e. The van der Waals surface area contributed by atoms with Gasteiger partial charge in [-0.3, -0.25) is 13.9 Å². The second kappa shape index (κ2) is 13.3. The first-order chi connectivity index (χ1) is 18.4. The molecule has 7 nitrogen and oxygen atoms in total. The van der Waals surface area contributed by atoms with E-state index in [2.05, 4.69) is 5.32 Å². The van der Waals surface area contributed by atoms with Crippen LogP contribution >= 0.6 is 23.2 Å². The van der Waals surface area contributed by atoms with Gasteiger partial charge in [-0.1, -0.05) is 72.1 Å². The van der Waals surface area contributed by atoms with Gasteiger partial charge in [-0.25, -0.2) is 8.42 Å². The highest BCUT2D eigenvalue weighted by atomic mass is 35.5. The van der Waals surface area contributed by atoms with E-state index < -0.39 is 28.5 Å². The first kappa shape index (κ1) is 30.5. The van der Waals surface area contributed by atoms with Gasteiger partial charge in [0.05, 0.1) is 10.6 Å². The van der Waals surface area contributed by atoms with E-state index in [1.807, 2.05) is 20.8 Å². The molecule has 10 heteroatoms. The lowest BCUT2D eigenvalue weighted by Gasteiger charge is -2.33. The van der Waals surface area contributed by atoms with Crippen molar-refractivity contribution in [1.82, 2.24) is 10.2 Å². The molecular weight excluding hydrogens is 557 g/mol. The molecule has 0 bridgehead atoms. The van der Waals surface area contributed by atoms with E-state index in [9.17, 15) is 18.0 Å². The lowest BCUT2D eigenvalue weighted by Crippen LogP contribution is -2.53. The topological polar surface area (TPSA) is 86.8 Å². The number of carbonyl (C=O) groups is 2. The SMILES string of the molecule is CCC(C(=O)NC(C)C)N(Cc1ccc(Cl)cc1Cl)C(=O)CN(c1ccccc1)S(=O)(=O)c1ccc(C)cc1. The summed E-state index contributed by atoms with van der Waals surface area (Å²) in [6, 6.07) is 18.8. The number of nitrogens with zero attached hydrogens (tertiary/aromatic N) is 2. The number of hydrogen-bond acceptors (Lipinski definition) is 4. The van der Waals surface area contributed by atoms with Crippen molar-refractivity contribution >= 4 is 50.7 Å². The molecule has 0 saturated carbocycles. The van der Waals surface area contributed by atoms with Gasteiger partial charge in [-0.15, -0.1) is 0 Å². The Kier molecular flexibility index (Phi) is 10.4. The molecule has 3 rings (SSSR count). The lowest BCUT2D eigenvalue weighted by molar-refractivity contribution is -0.140. The van der Waals surface area contributed by atoms with Crippen molar-refractivity contribution in [3.63, 3.8) is 0 Å². The third kappa shape index (κ3) is 7.75. The van der Waals surface area contributed by atoms with Crippen LogP contribution in [0.2, 0.25) is 10.0 Å². The molecule has 0 heterocycles. The predicted molar refractivity (Wildman–Crippen MR) is 157 cm³/mol. The minimum absolute atomic E-state index is 0.00787. The number of anilines is 1. The van der Waals surface area contributed by atoms with Crippen LogP contribution in [-0.2, 0) is 26.2 Å². The van der Waals surface area contributed by atoms with Crippen molar-refractivity contribution < 1.29 is 18.0 Å². The van der Waals surface area contributed by atoms with E-state index in [4.69, 9.17) is 23.2 Å². The Morgan fingerprint density at radius 2 is 1.59 bits per heavy atom. The maximum absolute atomic E-state index is 14.0. The normalized spacial score (nSPS) is 12.2. The second-order valence-corrected chi connectivity index (χ2v) is 12.2. The van der Waals surface area contributed by atoms with Crippen LogP contribution in [0.15, 0.2) is 77.7 Å². The quantitative estimate of drug-likeness (QED) is 0.305. The molecule has 0 saturated heterocycles. The molecule has 0 spiro atoms. The second-order valence-electron chi connectivity index (χ2n) is 9.50. The fourth-order valence-electron chi connectivity index (χ4n) is 4.09. The first-order valence-electron chi connectivity index (χ1n) is 12.6. The van der Waals surface area contributed by atoms with Crippen LogP contribution in [0.1, 0.15) is 38.3 Å². The lowest BCUT2D eigenvalue weighted by atomic mass is 10.1. The molecule has 1 N–H and O–H groups in total. The molecule has 39 heavy (non-hydrogen) atoms. The number of para-hydroxylation sites is 1. The van der Waals surface area contributed by atoms with Crippen molar-refractivity contribution in [1.29, 1.82) is 0 Å². The maximum atomic E-state index is 14.0. The smallest absolute Gasteiger partial charge is 0.264 e. The zero-order valence-electron chi connectivity index (χ0n) is 22.4. The molecule has 0 aromatic heterocycles. The minimum atomic E-state index is -4.12. The van der Waals surface area contributed by atoms with Crippen molar-refractivity contribution in [2.45, 2.75) is 57.6 Å². The monoisotopic (exact) mass is 589 g/mol. The highest BCUT2D eigenvalue weighted by molar-refractivity contribution is 7.92. The molecule has 208 valence electrons. The number of benzene rings is 3. The van der Waals surface area contributed by atoms with Crippen LogP contribution in [0.25, 0.3) is 0 Å². The van der Waals surface area contributed by atoms with Gasteiger partial charge in [0.15, 0.2) is 0 Å². The number of halogens is 2. The molecule has 0 aliphatic carbocycles. The van der Waals surface area contributed by atoms with Gasteiger partial charge in [0.2, 0.25) is 11.8 Å². The third-order valence-corrected chi connectivity index (χ3v) is 8.48. The Hall–Kier alpha value is -3.07. The predicted octanol–water partition coefficient (Wildman–Crippen LogP) is 5.83. The Balaban J connectivity index is 2.06. The Bertz CT molecular complexity index is 1400. The first-order valence-corrected chi connectivity index (χ1v) is 14.8. The van der Waals surface area contributed by atoms with Crippen molar-refractivity contribution in [2.24, 2.45) is 0 Å². The van der Waals surface area contributed by atoms with Crippen LogP contribution in [0.5, 0.6) is 0 Å². The van der Waals surface area contributed by atoms with Gasteiger partial charge in [-0.05, 0) is 69.2 Å². The molecule has 2 amide bonds. The van der Waals surface area contributed by atoms with Crippen molar-refractivity contribution in [3.8, 4) is 0 Å². The number of nitrogens with one attached hydrogen (secondary N) is 1. The standard InChI is InChI=1S/C29H33Cl2N3O4S/c1-5-27(29(36)32-20(2)3)33(18-22-13-14-23(30)17-26(22)31)28(35)19-34(24-9-7-6-8-10-24)39(37,38)25-15-11-21(4)12-16-25/h6-17,20,27H,5,18-19H2,1-4H3,(H,32,36). The number of sulfonamides is 1. The molecule has 3 aromatic rings. The van der Waals surface area contributed by atoms with Gasteiger partial charge in [-0.2, -0.15) is 0 Å². The summed E-state index contributed by atoms with van der Waals surface area (Å²) in [5.41, 5.74) is 1.82. The van der Waals surface area contributed by atoms with Crippen molar-refractivity contribution in [2.75, 3.05) is 10.8 Å². The average molecular weight is 591 g/mol. The third-order valence-electron chi connectivity index (χ3n) is 6.10. The molecular formula is C29H33Cl2N3O4S. The Morgan fingerprint density at radius 1 is 0.949 bits per heavy atom. The number of rotatable bonds is 11. The van der Waals surface area contributed by atoms with Crippen LogP contribution < -0.4 is 9.62 Å². The van der Waals surface area contributed by atoms with Crippen LogP contribution in [0, 0.1) is 6.92 Å². The molecule has 1 atom stereocenters. The van der Waals surface area contributed by atoms with E-state index in [1.54, 1.807) is 67.6 Å². The average Bonchev–Trinajstić information content (AvgIpc) is 2.88. The molecule has 1 unspecified atom stereocenters. The van der Waals surface area contributed by atoms with Crippen LogP contribution in [-0.4, -0.2) is 43.8 Å². The zero-order valence-corrected chi connectivity index (χ0v) is 24.7. The highest BCUT2D eigenvalue weighted by Crippen LogP contribution is 2.27. The summed E-state index contributed by atoms with van der Waals surface area (Å²) in [6.45, 7) is 6.80. The van der Waals surface area contributed by atoms with E-state index in [-0.39, 0.29) is 23.4 Å². The van der Waals surface area contributed by atoms with Crippen LogP contribution in [0.4, 0.5) is 5.69 Å². The molecule has 0 radical (unpaired) electrons. The summed E-state index contributed by atoms with van der Waals surface area (Å²) >= 11 is 12.5. The Morgan fingerprint density at radius 3 is 2.15 bits per heavy atom. The fraction of sp³-hybridized carbons (Fsp3) is 0.310. The van der Waals surface area contributed by atoms with Gasteiger partial charge in [0.25, 0.3) is 10.0 Å². The molecule has 3 aromatic carbocycles. The number of carbonyl (C=O) groups excluding carboxylic acids is 2. The van der Waals surface area contributed by atoms with E-state index in [0.29, 0.717) is 27.7 Å².